The van der Waals surface area contributed by atoms with Crippen molar-refractivity contribution in [1.82, 2.24) is 29.9 Å². The molecule has 0 unspecified atom stereocenters. The third kappa shape index (κ3) is 3.02. The molecule has 0 saturated heterocycles. The summed E-state index contributed by atoms with van der Waals surface area (Å²) in [5.41, 5.74) is 2.00. The highest BCUT2D eigenvalue weighted by Crippen LogP contribution is 2.21. The van der Waals surface area contributed by atoms with E-state index in [4.69, 9.17) is 11.6 Å². The van der Waals surface area contributed by atoms with Crippen LogP contribution in [0.4, 0.5) is 0 Å². The predicted molar refractivity (Wildman–Crippen MR) is 78.5 cm³/mol. The molecule has 1 N–H and O–H groups in total. The molecule has 0 spiro atoms. The molecular weight excluding hydrogens is 276 g/mol. The summed E-state index contributed by atoms with van der Waals surface area (Å²) in [6, 6.07) is 0. The van der Waals surface area contributed by atoms with Crippen LogP contribution < -0.4 is 5.32 Å². The lowest BCUT2D eigenvalue weighted by atomic mass is 10.3. The molecule has 2 heterocycles. The van der Waals surface area contributed by atoms with Crippen LogP contribution in [-0.2, 0) is 32.6 Å². The van der Waals surface area contributed by atoms with Gasteiger partial charge in [0.25, 0.3) is 0 Å². The quantitative estimate of drug-likeness (QED) is 0.849. The van der Waals surface area contributed by atoms with Crippen molar-refractivity contribution < 1.29 is 0 Å². The second-order valence-electron chi connectivity index (χ2n) is 4.51. The molecule has 0 bridgehead atoms. The minimum atomic E-state index is 0.667. The molecule has 0 fully saturated rings. The highest BCUT2D eigenvalue weighted by atomic mass is 35.5. The Morgan fingerprint density at radius 1 is 1.20 bits per heavy atom. The molecule has 2 aromatic heterocycles. The summed E-state index contributed by atoms with van der Waals surface area (Å²) >= 11 is 6.37. The zero-order valence-electron chi connectivity index (χ0n) is 12.2. The van der Waals surface area contributed by atoms with Gasteiger partial charge in [-0.05, 0) is 20.3 Å². The summed E-state index contributed by atoms with van der Waals surface area (Å²) in [4.78, 5) is 0. The molecule has 0 saturated carbocycles. The number of hydrogen-bond donors (Lipinski definition) is 1. The van der Waals surface area contributed by atoms with Crippen LogP contribution in [0.2, 0.25) is 5.02 Å². The van der Waals surface area contributed by atoms with Crippen molar-refractivity contribution in [3.05, 3.63) is 28.6 Å². The number of nitrogens with zero attached hydrogens (tertiary/aromatic N) is 5. The van der Waals surface area contributed by atoms with Gasteiger partial charge in [-0.3, -0.25) is 4.68 Å². The molecule has 0 aliphatic carbocycles. The molecule has 110 valence electrons. The van der Waals surface area contributed by atoms with Crippen LogP contribution in [0.3, 0.4) is 0 Å². The Labute approximate surface area is 124 Å². The van der Waals surface area contributed by atoms with Gasteiger partial charge >= 0.3 is 0 Å². The number of hydrogen-bond acceptors (Lipinski definition) is 4. The van der Waals surface area contributed by atoms with Crippen LogP contribution in [0, 0.1) is 0 Å². The maximum atomic E-state index is 6.37. The first-order chi connectivity index (χ1) is 9.71. The lowest BCUT2D eigenvalue weighted by Gasteiger charge is -2.08. The maximum Gasteiger partial charge on any atom is 0.146 e. The van der Waals surface area contributed by atoms with Crippen molar-refractivity contribution in [3.63, 3.8) is 0 Å². The predicted octanol–water partition coefficient (Wildman–Crippen LogP) is 2.02. The van der Waals surface area contributed by atoms with Gasteiger partial charge in [0.15, 0.2) is 0 Å². The van der Waals surface area contributed by atoms with Crippen molar-refractivity contribution in [2.45, 2.75) is 53.4 Å². The summed E-state index contributed by atoms with van der Waals surface area (Å²) < 4.78 is 3.97. The first-order valence-corrected chi connectivity index (χ1v) is 7.40. The Morgan fingerprint density at radius 2 is 2.00 bits per heavy atom. The average Bonchev–Trinajstić information content (AvgIpc) is 3.04. The first kappa shape index (κ1) is 15.0. The van der Waals surface area contributed by atoms with Crippen molar-refractivity contribution >= 4 is 11.6 Å². The Balaban J connectivity index is 2.02. The molecule has 6 nitrogen and oxygen atoms in total. The third-order valence-corrected chi connectivity index (χ3v) is 3.74. The van der Waals surface area contributed by atoms with E-state index >= 15 is 0 Å². The Morgan fingerprint density at radius 3 is 2.65 bits per heavy atom. The van der Waals surface area contributed by atoms with Crippen molar-refractivity contribution in [2.24, 2.45) is 0 Å². The van der Waals surface area contributed by atoms with Gasteiger partial charge in [0, 0.05) is 19.6 Å². The van der Waals surface area contributed by atoms with Gasteiger partial charge in [0.2, 0.25) is 0 Å². The van der Waals surface area contributed by atoms with Crippen LogP contribution >= 0.6 is 11.6 Å². The molecule has 0 atom stereocenters. The van der Waals surface area contributed by atoms with E-state index in [0.717, 1.165) is 41.7 Å². The summed E-state index contributed by atoms with van der Waals surface area (Å²) in [7, 11) is 0. The molecule has 2 aromatic rings. The summed E-state index contributed by atoms with van der Waals surface area (Å²) in [5, 5.41) is 16.7. The highest BCUT2D eigenvalue weighted by Gasteiger charge is 2.14. The molecule has 20 heavy (non-hydrogen) atoms. The van der Waals surface area contributed by atoms with Gasteiger partial charge in [-0.1, -0.05) is 18.5 Å². The van der Waals surface area contributed by atoms with Crippen molar-refractivity contribution in [2.75, 3.05) is 0 Å². The van der Waals surface area contributed by atoms with E-state index in [1.54, 1.807) is 6.33 Å². The van der Waals surface area contributed by atoms with Gasteiger partial charge in [0.05, 0.1) is 23.0 Å². The van der Waals surface area contributed by atoms with E-state index in [9.17, 15) is 0 Å². The van der Waals surface area contributed by atoms with Crippen LogP contribution in [0.15, 0.2) is 6.33 Å². The van der Waals surface area contributed by atoms with Gasteiger partial charge in [-0.25, -0.2) is 0 Å². The van der Waals surface area contributed by atoms with E-state index in [2.05, 4.69) is 41.4 Å². The summed E-state index contributed by atoms with van der Waals surface area (Å²) in [5.74, 6) is 0.932. The minimum absolute atomic E-state index is 0.667. The molecular formula is C13H21ClN6. The van der Waals surface area contributed by atoms with E-state index in [0.29, 0.717) is 13.1 Å². The Kier molecular flexibility index (Phi) is 5.14. The smallest absolute Gasteiger partial charge is 0.146 e. The topological polar surface area (TPSA) is 60.6 Å². The van der Waals surface area contributed by atoms with Gasteiger partial charge in [0.1, 0.15) is 12.2 Å². The van der Waals surface area contributed by atoms with Gasteiger partial charge in [-0.15, -0.1) is 10.2 Å². The number of nitrogens with one attached hydrogen (secondary N) is 1. The number of rotatable bonds is 7. The number of aromatic nitrogens is 5. The molecule has 0 aromatic carbocycles. The Hall–Kier alpha value is -1.40. The normalized spacial score (nSPS) is 11.2. The molecule has 0 aliphatic heterocycles. The number of aryl methyl sites for hydroxylation is 3. The van der Waals surface area contributed by atoms with Crippen LogP contribution in [0.25, 0.3) is 0 Å². The molecule has 0 radical (unpaired) electrons. The first-order valence-electron chi connectivity index (χ1n) is 7.02. The zero-order valence-corrected chi connectivity index (χ0v) is 13.0. The average molecular weight is 297 g/mol. The van der Waals surface area contributed by atoms with Gasteiger partial charge in [-0.2, -0.15) is 5.10 Å². The monoisotopic (exact) mass is 296 g/mol. The fourth-order valence-corrected chi connectivity index (χ4v) is 2.49. The fraction of sp³-hybridized carbons (Fsp3) is 0.615. The van der Waals surface area contributed by atoms with E-state index < -0.39 is 0 Å². The lowest BCUT2D eigenvalue weighted by Crippen LogP contribution is -2.19. The molecule has 7 heteroatoms. The van der Waals surface area contributed by atoms with Crippen LogP contribution in [0.1, 0.15) is 38.0 Å². The molecule has 2 rings (SSSR count). The lowest BCUT2D eigenvalue weighted by molar-refractivity contribution is 0.559. The maximum absolute atomic E-state index is 6.37. The SMILES string of the molecule is CCc1nn(CC)c(CNCc2nncn2CC)c1Cl. The largest absolute Gasteiger partial charge is 0.317 e. The standard InChI is InChI=1S/C13H21ClN6/c1-4-10-13(14)11(20(6-3)18-10)7-15-8-12-17-16-9-19(12)5-2/h9,15H,4-8H2,1-3H3. The highest BCUT2D eigenvalue weighted by molar-refractivity contribution is 6.31. The van der Waals surface area contributed by atoms with Crippen LogP contribution in [0.5, 0.6) is 0 Å². The van der Waals surface area contributed by atoms with E-state index in [1.807, 2.05) is 9.25 Å². The molecule has 0 amide bonds. The van der Waals surface area contributed by atoms with E-state index in [-0.39, 0.29) is 0 Å². The third-order valence-electron chi connectivity index (χ3n) is 3.31. The second kappa shape index (κ2) is 6.85. The van der Waals surface area contributed by atoms with Crippen molar-refractivity contribution in [1.29, 1.82) is 0 Å². The van der Waals surface area contributed by atoms with Crippen molar-refractivity contribution in [3.8, 4) is 0 Å². The van der Waals surface area contributed by atoms with Gasteiger partial charge < -0.3 is 9.88 Å². The second-order valence-corrected chi connectivity index (χ2v) is 4.89. The van der Waals surface area contributed by atoms with Crippen LogP contribution in [-0.4, -0.2) is 24.5 Å². The molecule has 0 aliphatic rings. The Bertz CT molecular complexity index is 559. The van der Waals surface area contributed by atoms with E-state index in [1.165, 1.54) is 0 Å². The fourth-order valence-electron chi connectivity index (χ4n) is 2.16. The number of halogens is 1. The zero-order chi connectivity index (χ0) is 14.5. The summed E-state index contributed by atoms with van der Waals surface area (Å²) in [6.07, 6.45) is 2.60. The minimum Gasteiger partial charge on any atom is -0.317 e. The summed E-state index contributed by atoms with van der Waals surface area (Å²) in [6.45, 7) is 9.24.